The summed E-state index contributed by atoms with van der Waals surface area (Å²) in [7, 11) is 0. The minimum Gasteiger partial charge on any atom is -0.478 e. The van der Waals surface area contributed by atoms with Gasteiger partial charge in [0.2, 0.25) is 0 Å². The number of amides is 1. The second kappa shape index (κ2) is 5.43. The number of carbonyl (C=O) groups excluding carboxylic acids is 1. The Morgan fingerprint density at radius 1 is 1.15 bits per heavy atom. The van der Waals surface area contributed by atoms with Crippen molar-refractivity contribution in [2.45, 2.75) is 0 Å². The van der Waals surface area contributed by atoms with Gasteiger partial charge in [-0.15, -0.1) is 0 Å². The molecule has 0 bridgehead atoms. The monoisotopic (exact) mass is 278 g/mol. The molecule has 0 saturated heterocycles. The highest BCUT2D eigenvalue weighted by Crippen LogP contribution is 2.17. The summed E-state index contributed by atoms with van der Waals surface area (Å²) in [4.78, 5) is 26.4. The van der Waals surface area contributed by atoms with Crippen LogP contribution >= 0.6 is 0 Å². The number of halogens is 2. The molecule has 2 N–H and O–H groups in total. The average Bonchev–Trinajstić information content (AvgIpc) is 2.42. The van der Waals surface area contributed by atoms with Crippen molar-refractivity contribution in [2.24, 2.45) is 0 Å². The number of benzene rings is 1. The Hall–Kier alpha value is -2.83. The molecule has 7 heteroatoms. The third-order valence-electron chi connectivity index (χ3n) is 2.50. The van der Waals surface area contributed by atoms with Crippen LogP contribution in [0.2, 0.25) is 0 Å². The van der Waals surface area contributed by atoms with Gasteiger partial charge in [0, 0.05) is 6.20 Å². The van der Waals surface area contributed by atoms with Crippen LogP contribution < -0.4 is 5.32 Å². The van der Waals surface area contributed by atoms with Gasteiger partial charge in [-0.25, -0.2) is 13.6 Å². The lowest BCUT2D eigenvalue weighted by atomic mass is 10.1. The average molecular weight is 278 g/mol. The molecule has 0 radical (unpaired) electrons. The van der Waals surface area contributed by atoms with Crippen LogP contribution in [0, 0.1) is 11.6 Å². The number of nitrogens with one attached hydrogen (secondary N) is 1. The van der Waals surface area contributed by atoms with Gasteiger partial charge in [0.25, 0.3) is 5.91 Å². The number of rotatable bonds is 3. The predicted molar refractivity (Wildman–Crippen MR) is 65.5 cm³/mol. The van der Waals surface area contributed by atoms with Crippen molar-refractivity contribution >= 4 is 17.6 Å². The molecule has 0 aliphatic rings. The van der Waals surface area contributed by atoms with E-state index < -0.39 is 29.1 Å². The molecule has 1 amide bonds. The molecule has 2 aromatic rings. The van der Waals surface area contributed by atoms with E-state index in [0.29, 0.717) is 0 Å². The molecule has 102 valence electrons. The van der Waals surface area contributed by atoms with Crippen LogP contribution in [0.15, 0.2) is 36.7 Å². The fraction of sp³-hybridized carbons (Fsp3) is 0. The van der Waals surface area contributed by atoms with Crippen LogP contribution in [0.1, 0.15) is 20.7 Å². The van der Waals surface area contributed by atoms with Crippen LogP contribution in [-0.4, -0.2) is 22.0 Å². The van der Waals surface area contributed by atoms with Crippen molar-refractivity contribution < 1.29 is 23.5 Å². The Bertz CT molecular complexity index is 689. The fourth-order valence-electron chi connectivity index (χ4n) is 1.55. The van der Waals surface area contributed by atoms with Gasteiger partial charge < -0.3 is 10.4 Å². The zero-order chi connectivity index (χ0) is 14.7. The predicted octanol–water partition coefficient (Wildman–Crippen LogP) is 2.31. The quantitative estimate of drug-likeness (QED) is 0.903. The number of hydrogen-bond donors (Lipinski definition) is 2. The van der Waals surface area contributed by atoms with Crippen LogP contribution in [0.4, 0.5) is 14.5 Å². The number of anilines is 1. The second-order valence-corrected chi connectivity index (χ2v) is 3.78. The first-order chi connectivity index (χ1) is 9.50. The molecular formula is C13H8F2N2O3. The van der Waals surface area contributed by atoms with Gasteiger partial charge in [0.15, 0.2) is 11.6 Å². The first kappa shape index (κ1) is 13.6. The summed E-state index contributed by atoms with van der Waals surface area (Å²) >= 11 is 0. The van der Waals surface area contributed by atoms with E-state index in [0.717, 1.165) is 18.3 Å². The summed E-state index contributed by atoms with van der Waals surface area (Å²) in [6.45, 7) is 0. The Labute approximate surface area is 111 Å². The van der Waals surface area contributed by atoms with Crippen molar-refractivity contribution in [1.29, 1.82) is 0 Å². The Morgan fingerprint density at radius 2 is 1.90 bits per heavy atom. The van der Waals surface area contributed by atoms with Crippen molar-refractivity contribution in [3.05, 3.63) is 59.4 Å². The molecule has 0 aliphatic heterocycles. The number of hydrogen-bond acceptors (Lipinski definition) is 3. The van der Waals surface area contributed by atoms with Crippen molar-refractivity contribution in [1.82, 2.24) is 4.98 Å². The topological polar surface area (TPSA) is 79.3 Å². The summed E-state index contributed by atoms with van der Waals surface area (Å²) in [6, 6.07) is 4.32. The van der Waals surface area contributed by atoms with Crippen LogP contribution in [0.5, 0.6) is 0 Å². The molecule has 2 rings (SSSR count). The SMILES string of the molecule is O=C(O)c1ccncc1NC(=O)c1cccc(F)c1F. The second-order valence-electron chi connectivity index (χ2n) is 3.78. The minimum absolute atomic E-state index is 0.103. The third kappa shape index (κ3) is 2.61. The molecule has 0 atom stereocenters. The Kier molecular flexibility index (Phi) is 3.69. The summed E-state index contributed by atoms with van der Waals surface area (Å²) < 4.78 is 26.5. The zero-order valence-electron chi connectivity index (χ0n) is 9.93. The van der Waals surface area contributed by atoms with Crippen molar-refractivity contribution in [3.63, 3.8) is 0 Å². The number of aromatic nitrogens is 1. The van der Waals surface area contributed by atoms with E-state index >= 15 is 0 Å². The van der Waals surface area contributed by atoms with E-state index in [9.17, 15) is 18.4 Å². The van der Waals surface area contributed by atoms with Gasteiger partial charge >= 0.3 is 5.97 Å². The Morgan fingerprint density at radius 3 is 2.60 bits per heavy atom. The number of carbonyl (C=O) groups is 2. The molecule has 5 nitrogen and oxygen atoms in total. The largest absolute Gasteiger partial charge is 0.478 e. The molecule has 20 heavy (non-hydrogen) atoms. The minimum atomic E-state index is -1.30. The first-order valence-electron chi connectivity index (χ1n) is 5.43. The van der Waals surface area contributed by atoms with E-state index in [2.05, 4.69) is 10.3 Å². The van der Waals surface area contributed by atoms with E-state index in [-0.39, 0.29) is 11.3 Å². The normalized spacial score (nSPS) is 10.1. The number of carboxylic acid groups (broad SMARTS) is 1. The number of aromatic carboxylic acids is 1. The van der Waals surface area contributed by atoms with Crippen LogP contribution in [0.3, 0.4) is 0 Å². The highest BCUT2D eigenvalue weighted by Gasteiger charge is 2.18. The summed E-state index contributed by atoms with van der Waals surface area (Å²) in [5.74, 6) is -4.70. The van der Waals surface area contributed by atoms with Gasteiger partial charge in [0.1, 0.15) is 0 Å². The summed E-state index contributed by atoms with van der Waals surface area (Å²) in [5, 5.41) is 11.1. The lowest BCUT2D eigenvalue weighted by Crippen LogP contribution is -2.17. The highest BCUT2D eigenvalue weighted by atomic mass is 19.2. The van der Waals surface area contributed by atoms with Crippen molar-refractivity contribution in [2.75, 3.05) is 5.32 Å². The summed E-state index contributed by atoms with van der Waals surface area (Å²) in [6.07, 6.45) is 2.35. The molecule has 1 aromatic carbocycles. The van der Waals surface area contributed by atoms with Gasteiger partial charge in [-0.1, -0.05) is 6.07 Å². The molecule has 0 spiro atoms. The van der Waals surface area contributed by atoms with Crippen molar-refractivity contribution in [3.8, 4) is 0 Å². The molecule has 0 unspecified atom stereocenters. The highest BCUT2D eigenvalue weighted by molar-refractivity contribution is 6.07. The van der Waals surface area contributed by atoms with E-state index in [4.69, 9.17) is 5.11 Å². The number of carboxylic acids is 1. The van der Waals surface area contributed by atoms with E-state index in [1.54, 1.807) is 0 Å². The summed E-state index contributed by atoms with van der Waals surface area (Å²) in [5.41, 5.74) is -0.830. The lowest BCUT2D eigenvalue weighted by molar-refractivity contribution is 0.0698. The Balaban J connectivity index is 2.33. The van der Waals surface area contributed by atoms with Gasteiger partial charge in [-0.05, 0) is 18.2 Å². The molecule has 0 fully saturated rings. The lowest BCUT2D eigenvalue weighted by Gasteiger charge is -2.08. The van der Waals surface area contributed by atoms with E-state index in [1.165, 1.54) is 18.3 Å². The number of pyridine rings is 1. The number of nitrogens with zero attached hydrogens (tertiary/aromatic N) is 1. The molecule has 0 aliphatic carbocycles. The molecule has 0 saturated carbocycles. The molecule has 1 heterocycles. The molecule has 1 aromatic heterocycles. The van der Waals surface area contributed by atoms with Gasteiger partial charge in [0.05, 0.1) is 23.0 Å². The van der Waals surface area contributed by atoms with Gasteiger partial charge in [-0.3, -0.25) is 9.78 Å². The van der Waals surface area contributed by atoms with Crippen LogP contribution in [0.25, 0.3) is 0 Å². The maximum Gasteiger partial charge on any atom is 0.337 e. The maximum absolute atomic E-state index is 13.4. The standard InChI is InChI=1S/C13H8F2N2O3/c14-9-3-1-2-8(11(9)15)12(18)17-10-6-16-5-4-7(10)13(19)20/h1-6H,(H,17,18)(H,19,20). The molecular weight excluding hydrogens is 270 g/mol. The third-order valence-corrected chi connectivity index (χ3v) is 2.50. The van der Waals surface area contributed by atoms with Crippen LogP contribution in [-0.2, 0) is 0 Å². The van der Waals surface area contributed by atoms with E-state index in [1.807, 2.05) is 0 Å². The maximum atomic E-state index is 13.4. The first-order valence-corrected chi connectivity index (χ1v) is 5.43. The zero-order valence-corrected chi connectivity index (χ0v) is 9.93. The smallest absolute Gasteiger partial charge is 0.337 e. The van der Waals surface area contributed by atoms with Gasteiger partial charge in [-0.2, -0.15) is 0 Å². The fourth-order valence-corrected chi connectivity index (χ4v) is 1.55.